The van der Waals surface area contributed by atoms with Crippen molar-refractivity contribution in [2.75, 3.05) is 28.9 Å². The van der Waals surface area contributed by atoms with E-state index in [1.807, 2.05) is 13.8 Å². The lowest BCUT2D eigenvalue weighted by atomic mass is 10.1. The van der Waals surface area contributed by atoms with Crippen molar-refractivity contribution in [2.45, 2.75) is 20.3 Å². The normalized spacial score (nSPS) is 17.4. The van der Waals surface area contributed by atoms with Crippen LogP contribution in [0.5, 0.6) is 11.5 Å². The Morgan fingerprint density at radius 1 is 1.00 bits per heavy atom. The third kappa shape index (κ3) is 4.07. The molecule has 8 nitrogen and oxygen atoms in total. The minimum atomic E-state index is -0.455. The van der Waals surface area contributed by atoms with Gasteiger partial charge in [-0.2, -0.15) is 0 Å². The van der Waals surface area contributed by atoms with E-state index in [0.29, 0.717) is 35.1 Å². The quantitative estimate of drug-likeness (QED) is 0.791. The predicted octanol–water partition coefficient (Wildman–Crippen LogP) is 3.00. The van der Waals surface area contributed by atoms with Gasteiger partial charge in [-0.25, -0.2) is 0 Å². The molecular weight excluding hydrogens is 386 g/mol. The fourth-order valence-electron chi connectivity index (χ4n) is 3.35. The standard InChI is InChI=1S/C22H23N3O5/c1-13(2)21(27)23-15-3-5-16(6-4-15)24-22(28)14-9-20(26)25(11-14)17-7-8-18-19(10-17)30-12-29-18/h3-8,10,13-14H,9,11-12H2,1-2H3,(H,23,27)(H,24,28). The van der Waals surface area contributed by atoms with Crippen LogP contribution in [-0.4, -0.2) is 31.1 Å². The fourth-order valence-corrected chi connectivity index (χ4v) is 3.35. The lowest BCUT2D eigenvalue weighted by Gasteiger charge is -2.17. The van der Waals surface area contributed by atoms with E-state index >= 15 is 0 Å². The van der Waals surface area contributed by atoms with E-state index in [0.717, 1.165) is 0 Å². The molecule has 4 rings (SSSR count). The van der Waals surface area contributed by atoms with Gasteiger partial charge in [-0.15, -0.1) is 0 Å². The summed E-state index contributed by atoms with van der Waals surface area (Å²) < 4.78 is 10.7. The molecule has 0 saturated carbocycles. The second kappa shape index (κ2) is 8.06. The molecule has 2 aliphatic rings. The summed E-state index contributed by atoms with van der Waals surface area (Å²) in [4.78, 5) is 38.5. The van der Waals surface area contributed by atoms with Crippen LogP contribution in [0.1, 0.15) is 20.3 Å². The highest BCUT2D eigenvalue weighted by molar-refractivity contribution is 6.03. The molecule has 1 unspecified atom stereocenters. The Balaban J connectivity index is 1.37. The van der Waals surface area contributed by atoms with Crippen molar-refractivity contribution in [3.63, 3.8) is 0 Å². The first-order chi connectivity index (χ1) is 14.4. The monoisotopic (exact) mass is 409 g/mol. The van der Waals surface area contributed by atoms with Crippen LogP contribution >= 0.6 is 0 Å². The first-order valence-corrected chi connectivity index (χ1v) is 9.82. The zero-order valence-corrected chi connectivity index (χ0v) is 16.8. The number of nitrogens with one attached hydrogen (secondary N) is 2. The summed E-state index contributed by atoms with van der Waals surface area (Å²) in [5.74, 6) is 0.275. The number of nitrogens with zero attached hydrogens (tertiary/aromatic N) is 1. The zero-order chi connectivity index (χ0) is 21.3. The van der Waals surface area contributed by atoms with Crippen molar-refractivity contribution in [1.82, 2.24) is 0 Å². The van der Waals surface area contributed by atoms with Crippen LogP contribution in [0.25, 0.3) is 0 Å². The molecule has 156 valence electrons. The Kier molecular flexibility index (Phi) is 5.31. The van der Waals surface area contributed by atoms with Gasteiger partial charge in [0.25, 0.3) is 0 Å². The minimum Gasteiger partial charge on any atom is -0.454 e. The van der Waals surface area contributed by atoms with E-state index in [9.17, 15) is 14.4 Å². The molecule has 2 heterocycles. The van der Waals surface area contributed by atoms with Crippen molar-refractivity contribution < 1.29 is 23.9 Å². The van der Waals surface area contributed by atoms with E-state index in [-0.39, 0.29) is 36.9 Å². The van der Waals surface area contributed by atoms with Crippen molar-refractivity contribution in [1.29, 1.82) is 0 Å². The summed E-state index contributed by atoms with van der Waals surface area (Å²) in [5, 5.41) is 5.65. The summed E-state index contributed by atoms with van der Waals surface area (Å²) in [6.07, 6.45) is 0.142. The molecular formula is C22H23N3O5. The molecule has 2 N–H and O–H groups in total. The number of carbonyl (C=O) groups is 3. The molecule has 30 heavy (non-hydrogen) atoms. The molecule has 0 spiro atoms. The Morgan fingerprint density at radius 2 is 1.67 bits per heavy atom. The predicted molar refractivity (Wildman–Crippen MR) is 112 cm³/mol. The zero-order valence-electron chi connectivity index (χ0n) is 16.8. The number of hydrogen-bond acceptors (Lipinski definition) is 5. The average molecular weight is 409 g/mol. The van der Waals surface area contributed by atoms with Gasteiger partial charge in [0.15, 0.2) is 11.5 Å². The van der Waals surface area contributed by atoms with Gasteiger partial charge < -0.3 is 25.0 Å². The first kappa shape index (κ1) is 19.8. The molecule has 0 aromatic heterocycles. The minimum absolute atomic E-state index is 0.0696. The van der Waals surface area contributed by atoms with Crippen molar-refractivity contribution in [3.05, 3.63) is 42.5 Å². The lowest BCUT2D eigenvalue weighted by Crippen LogP contribution is -2.28. The highest BCUT2D eigenvalue weighted by Crippen LogP contribution is 2.37. The Bertz CT molecular complexity index is 987. The molecule has 2 aliphatic heterocycles. The van der Waals surface area contributed by atoms with E-state index in [4.69, 9.17) is 9.47 Å². The summed E-state index contributed by atoms with van der Waals surface area (Å²) in [6, 6.07) is 12.2. The topological polar surface area (TPSA) is 97.0 Å². The Hall–Kier alpha value is -3.55. The second-order valence-electron chi connectivity index (χ2n) is 7.65. The van der Waals surface area contributed by atoms with Gasteiger partial charge in [0.1, 0.15) is 0 Å². The number of rotatable bonds is 5. The molecule has 1 atom stereocenters. The molecule has 3 amide bonds. The molecule has 8 heteroatoms. The van der Waals surface area contributed by atoms with Crippen molar-refractivity contribution in [3.8, 4) is 11.5 Å². The molecule has 0 aliphatic carbocycles. The second-order valence-corrected chi connectivity index (χ2v) is 7.65. The van der Waals surface area contributed by atoms with Crippen LogP contribution < -0.4 is 25.0 Å². The average Bonchev–Trinajstić information content (AvgIpc) is 3.35. The highest BCUT2D eigenvalue weighted by atomic mass is 16.7. The number of ether oxygens (including phenoxy) is 2. The maximum absolute atomic E-state index is 12.7. The van der Waals surface area contributed by atoms with Crippen molar-refractivity contribution >= 4 is 34.8 Å². The van der Waals surface area contributed by atoms with Gasteiger partial charge in [-0.1, -0.05) is 13.8 Å². The van der Waals surface area contributed by atoms with E-state index in [2.05, 4.69) is 10.6 Å². The molecule has 0 bridgehead atoms. The fraction of sp³-hybridized carbons (Fsp3) is 0.318. The first-order valence-electron chi connectivity index (χ1n) is 9.82. The molecule has 1 fully saturated rings. The summed E-state index contributed by atoms with van der Waals surface area (Å²) >= 11 is 0. The molecule has 2 aromatic carbocycles. The Labute approximate surface area is 174 Å². The number of benzene rings is 2. The van der Waals surface area contributed by atoms with Crippen LogP contribution in [-0.2, 0) is 14.4 Å². The van der Waals surface area contributed by atoms with Gasteiger partial charge in [-0.05, 0) is 36.4 Å². The summed E-state index contributed by atoms with van der Waals surface area (Å²) in [7, 11) is 0. The Morgan fingerprint density at radius 3 is 2.37 bits per heavy atom. The van der Waals surface area contributed by atoms with E-state index in [1.54, 1.807) is 47.4 Å². The SMILES string of the molecule is CC(C)C(=O)Nc1ccc(NC(=O)C2CC(=O)N(c3ccc4c(c3)OCO4)C2)cc1. The maximum Gasteiger partial charge on any atom is 0.231 e. The van der Waals surface area contributed by atoms with Crippen LogP contribution in [0.3, 0.4) is 0 Å². The number of fused-ring (bicyclic) bond motifs is 1. The number of amides is 3. The van der Waals surface area contributed by atoms with Gasteiger partial charge in [0, 0.05) is 42.0 Å². The number of hydrogen-bond donors (Lipinski definition) is 2. The van der Waals surface area contributed by atoms with Crippen LogP contribution in [0.4, 0.5) is 17.1 Å². The molecule has 0 radical (unpaired) electrons. The van der Waals surface area contributed by atoms with Crippen LogP contribution in [0.2, 0.25) is 0 Å². The third-order valence-electron chi connectivity index (χ3n) is 5.11. The third-order valence-corrected chi connectivity index (χ3v) is 5.11. The highest BCUT2D eigenvalue weighted by Gasteiger charge is 2.35. The molecule has 2 aromatic rings. The van der Waals surface area contributed by atoms with Crippen molar-refractivity contribution in [2.24, 2.45) is 11.8 Å². The maximum atomic E-state index is 12.7. The summed E-state index contributed by atoms with van der Waals surface area (Å²) in [5.41, 5.74) is 1.96. The largest absolute Gasteiger partial charge is 0.454 e. The lowest BCUT2D eigenvalue weighted by molar-refractivity contribution is -0.122. The van der Waals surface area contributed by atoms with E-state index in [1.165, 1.54) is 0 Å². The van der Waals surface area contributed by atoms with Crippen LogP contribution in [0, 0.1) is 11.8 Å². The number of anilines is 3. The van der Waals surface area contributed by atoms with Crippen LogP contribution in [0.15, 0.2) is 42.5 Å². The van der Waals surface area contributed by atoms with Gasteiger partial charge in [0.2, 0.25) is 24.5 Å². The van der Waals surface area contributed by atoms with Gasteiger partial charge in [0.05, 0.1) is 5.92 Å². The smallest absolute Gasteiger partial charge is 0.231 e. The number of carbonyl (C=O) groups excluding carboxylic acids is 3. The van der Waals surface area contributed by atoms with Gasteiger partial charge >= 0.3 is 0 Å². The van der Waals surface area contributed by atoms with Gasteiger partial charge in [-0.3, -0.25) is 14.4 Å². The molecule has 1 saturated heterocycles. The van der Waals surface area contributed by atoms with E-state index < -0.39 is 5.92 Å². The summed E-state index contributed by atoms with van der Waals surface area (Å²) in [6.45, 7) is 4.10.